The predicted molar refractivity (Wildman–Crippen MR) is 165 cm³/mol. The molecule has 4 aromatic rings. The minimum absolute atomic E-state index is 0.166. The first-order valence-electron chi connectivity index (χ1n) is 13.5. The number of allylic oxidation sites excluding steroid dienone is 1. The first-order valence-corrected chi connectivity index (χ1v) is 14.7. The molecule has 1 N–H and O–H groups in total. The monoisotopic (exact) mass is 612 g/mol. The second-order valence-corrected chi connectivity index (χ2v) is 11.3. The number of halogens is 1. The van der Waals surface area contributed by atoms with Gasteiger partial charge in [0.25, 0.3) is 17.4 Å². The number of anilines is 2. The molecule has 0 spiro atoms. The average Bonchev–Trinajstić information content (AvgIpc) is 3.45. The third-order valence-electron chi connectivity index (χ3n) is 7.20. The van der Waals surface area contributed by atoms with Crippen LogP contribution < -0.4 is 25.1 Å². The molecule has 43 heavy (non-hydrogen) atoms. The summed E-state index contributed by atoms with van der Waals surface area (Å²) in [7, 11) is 0. The number of rotatable bonds is 6. The fourth-order valence-corrected chi connectivity index (χ4v) is 6.60. The number of carbonyl (C=O) groups excluding carboxylic acids is 3. The molecule has 0 fully saturated rings. The van der Waals surface area contributed by atoms with E-state index in [9.17, 15) is 19.2 Å². The first kappa shape index (κ1) is 28.3. The lowest BCUT2D eigenvalue weighted by Crippen LogP contribution is -2.41. The van der Waals surface area contributed by atoms with E-state index >= 15 is 0 Å². The normalized spacial score (nSPS) is 16.9. The Morgan fingerprint density at radius 2 is 1.70 bits per heavy atom. The highest BCUT2D eigenvalue weighted by Crippen LogP contribution is 2.36. The molecule has 0 radical (unpaired) electrons. The van der Waals surface area contributed by atoms with Crippen molar-refractivity contribution >= 4 is 57.7 Å². The fourth-order valence-electron chi connectivity index (χ4n) is 5.33. The maximum Gasteiger partial charge on any atom is 0.326 e. The van der Waals surface area contributed by atoms with Crippen LogP contribution >= 0.6 is 22.9 Å². The van der Waals surface area contributed by atoms with Crippen LogP contribution in [0, 0.1) is 0 Å². The van der Waals surface area contributed by atoms with Gasteiger partial charge < -0.3 is 10.1 Å². The van der Waals surface area contributed by atoms with Crippen molar-refractivity contribution in [1.29, 1.82) is 0 Å². The molecule has 216 valence electrons. The van der Waals surface area contributed by atoms with Crippen molar-refractivity contribution in [3.8, 4) is 0 Å². The molecule has 1 atom stereocenters. The minimum Gasteiger partial charge on any atom is -0.465 e. The third-order valence-corrected chi connectivity index (χ3v) is 8.51. The largest absolute Gasteiger partial charge is 0.465 e. The number of thiazole rings is 1. The lowest BCUT2D eigenvalue weighted by Gasteiger charge is -2.25. The van der Waals surface area contributed by atoms with Gasteiger partial charge in [-0.2, -0.15) is 0 Å². The number of fused-ring (bicyclic) bond motifs is 2. The van der Waals surface area contributed by atoms with Crippen LogP contribution in [-0.4, -0.2) is 35.5 Å². The number of amides is 2. The van der Waals surface area contributed by atoms with Gasteiger partial charge in [0.2, 0.25) is 0 Å². The van der Waals surface area contributed by atoms with Gasteiger partial charge in [0.15, 0.2) is 4.80 Å². The number of esters is 1. The quantitative estimate of drug-likeness (QED) is 0.333. The second kappa shape index (κ2) is 11.5. The van der Waals surface area contributed by atoms with E-state index in [1.54, 1.807) is 74.5 Å². The Balaban J connectivity index is 1.54. The summed E-state index contributed by atoms with van der Waals surface area (Å²) in [6.07, 6.45) is 0. The zero-order valence-corrected chi connectivity index (χ0v) is 24.7. The zero-order chi connectivity index (χ0) is 30.2. The number of carbonyl (C=O) groups is 3. The van der Waals surface area contributed by atoms with Gasteiger partial charge in [0, 0.05) is 16.3 Å². The van der Waals surface area contributed by atoms with Gasteiger partial charge in [-0.3, -0.25) is 28.6 Å². The molecule has 2 aliphatic heterocycles. The number of ether oxygens (including phenoxy) is 1. The van der Waals surface area contributed by atoms with Crippen molar-refractivity contribution in [2.75, 3.05) is 23.4 Å². The number of nitrogens with zero attached hydrogens (tertiary/aromatic N) is 3. The summed E-state index contributed by atoms with van der Waals surface area (Å²) < 4.78 is 6.70. The molecule has 0 bridgehead atoms. The summed E-state index contributed by atoms with van der Waals surface area (Å²) in [6, 6.07) is 22.1. The molecule has 0 saturated carbocycles. The number of hydrogen-bond donors (Lipinski definition) is 1. The summed E-state index contributed by atoms with van der Waals surface area (Å²) in [5.41, 5.74) is 2.71. The molecular formula is C32H25ClN4O5S. The maximum atomic E-state index is 14.3. The highest BCUT2D eigenvalue weighted by atomic mass is 35.5. The van der Waals surface area contributed by atoms with Crippen LogP contribution in [0.5, 0.6) is 0 Å². The Hall–Kier alpha value is -4.80. The summed E-state index contributed by atoms with van der Waals surface area (Å²) in [5, 5.41) is 3.42. The van der Waals surface area contributed by atoms with E-state index in [1.165, 1.54) is 9.47 Å². The number of aromatic nitrogens is 1. The van der Waals surface area contributed by atoms with Crippen molar-refractivity contribution in [1.82, 2.24) is 4.57 Å². The van der Waals surface area contributed by atoms with Gasteiger partial charge in [0.1, 0.15) is 11.1 Å². The van der Waals surface area contributed by atoms with E-state index in [4.69, 9.17) is 16.3 Å². The van der Waals surface area contributed by atoms with E-state index in [-0.39, 0.29) is 28.8 Å². The molecule has 0 unspecified atom stereocenters. The van der Waals surface area contributed by atoms with Gasteiger partial charge >= 0.3 is 5.97 Å². The van der Waals surface area contributed by atoms with Crippen molar-refractivity contribution < 1.29 is 19.1 Å². The molecular weight excluding hydrogens is 588 g/mol. The molecule has 2 aliphatic rings. The number of para-hydroxylation sites is 2. The van der Waals surface area contributed by atoms with Gasteiger partial charge in [-0.05, 0) is 49.7 Å². The van der Waals surface area contributed by atoms with Gasteiger partial charge in [-0.25, -0.2) is 4.99 Å². The van der Waals surface area contributed by atoms with E-state index in [1.807, 2.05) is 18.2 Å². The molecule has 0 saturated heterocycles. The van der Waals surface area contributed by atoms with Crippen LogP contribution in [0.3, 0.4) is 0 Å². The van der Waals surface area contributed by atoms with E-state index in [2.05, 4.69) is 10.3 Å². The molecule has 1 aromatic heterocycles. The van der Waals surface area contributed by atoms with Crippen LogP contribution in [0.4, 0.5) is 11.4 Å². The lowest BCUT2D eigenvalue weighted by molar-refractivity contribution is -0.142. The van der Waals surface area contributed by atoms with Crippen LogP contribution in [-0.2, 0) is 19.1 Å². The highest BCUT2D eigenvalue weighted by Gasteiger charge is 2.37. The SMILES string of the molecule is CCOC(=O)CN1C(=O)/C(=c2/sc3n(c2=O)[C@@H](c2ccc(Cl)cc2)C(C(=O)Nc2ccccc2)=C(C)N=3)c2ccccc21. The summed E-state index contributed by atoms with van der Waals surface area (Å²) in [6.45, 7) is 3.30. The highest BCUT2D eigenvalue weighted by molar-refractivity contribution is 7.07. The molecule has 3 heterocycles. The molecule has 3 aromatic carbocycles. The van der Waals surface area contributed by atoms with Crippen molar-refractivity contribution in [2.45, 2.75) is 19.9 Å². The Labute approximate surface area is 255 Å². The smallest absolute Gasteiger partial charge is 0.326 e. The van der Waals surface area contributed by atoms with E-state index in [0.29, 0.717) is 38.0 Å². The van der Waals surface area contributed by atoms with Crippen molar-refractivity contribution in [3.63, 3.8) is 0 Å². The molecule has 11 heteroatoms. The Kier molecular flexibility index (Phi) is 7.55. The van der Waals surface area contributed by atoms with Crippen LogP contribution in [0.2, 0.25) is 5.02 Å². The topological polar surface area (TPSA) is 110 Å². The Morgan fingerprint density at radius 1 is 1.00 bits per heavy atom. The molecule has 9 nitrogen and oxygen atoms in total. The number of nitrogens with one attached hydrogen (secondary N) is 1. The predicted octanol–water partition coefficient (Wildman–Crippen LogP) is 3.81. The van der Waals surface area contributed by atoms with Crippen LogP contribution in [0.25, 0.3) is 5.57 Å². The van der Waals surface area contributed by atoms with Crippen molar-refractivity contribution in [3.05, 3.63) is 126 Å². The Bertz CT molecular complexity index is 2000. The van der Waals surface area contributed by atoms with Crippen molar-refractivity contribution in [2.24, 2.45) is 4.99 Å². The number of benzene rings is 3. The number of hydrogen-bond acceptors (Lipinski definition) is 7. The second-order valence-electron chi connectivity index (χ2n) is 9.86. The van der Waals surface area contributed by atoms with Gasteiger partial charge in [-0.15, -0.1) is 0 Å². The van der Waals surface area contributed by atoms with Crippen LogP contribution in [0.15, 0.2) is 99.9 Å². The minimum atomic E-state index is -0.839. The van der Waals surface area contributed by atoms with Crippen LogP contribution in [0.1, 0.15) is 31.0 Å². The first-order chi connectivity index (χ1) is 20.8. The molecule has 0 aliphatic carbocycles. The summed E-state index contributed by atoms with van der Waals surface area (Å²) >= 11 is 7.26. The van der Waals surface area contributed by atoms with E-state index < -0.39 is 29.4 Å². The summed E-state index contributed by atoms with van der Waals surface area (Å²) in [4.78, 5) is 60.6. The third kappa shape index (κ3) is 5.09. The molecule has 6 rings (SSSR count). The fraction of sp³-hybridized carbons (Fsp3) is 0.156. The van der Waals surface area contributed by atoms with Gasteiger partial charge in [0.05, 0.1) is 35.2 Å². The van der Waals surface area contributed by atoms with E-state index in [0.717, 1.165) is 11.3 Å². The standard InChI is InChI=1S/C32H25ClN4O5S/c1-3-42-24(38)17-36-23-12-8-7-11-22(23)26(30(36)40)28-31(41)37-27(19-13-15-20(33)16-14-19)25(18(2)34-32(37)43-28)29(39)35-21-9-5-4-6-10-21/h4-16,27H,3,17H2,1-2H3,(H,35,39)/b28-26+/t27-/m0/s1. The molecule has 2 amide bonds. The lowest BCUT2D eigenvalue weighted by atomic mass is 9.95. The zero-order valence-electron chi connectivity index (χ0n) is 23.2. The average molecular weight is 613 g/mol. The Morgan fingerprint density at radius 3 is 2.42 bits per heavy atom. The maximum absolute atomic E-state index is 14.3. The van der Waals surface area contributed by atoms with Gasteiger partial charge in [-0.1, -0.05) is 71.5 Å². The summed E-state index contributed by atoms with van der Waals surface area (Å²) in [5.74, 6) is -1.45.